The maximum absolute atomic E-state index is 13.1. The van der Waals surface area contributed by atoms with Gasteiger partial charge in [0.25, 0.3) is 0 Å². The van der Waals surface area contributed by atoms with Crippen LogP contribution in [0.3, 0.4) is 0 Å². The highest BCUT2D eigenvalue weighted by Crippen LogP contribution is 2.31. The number of carbonyl (C=O) groups excluding carboxylic acids is 1. The Morgan fingerprint density at radius 3 is 1.70 bits per heavy atom. The number of hydrogen-bond acceptors (Lipinski definition) is 1. The SMILES string of the molecule is O=C1C(=Cc2c[nH]c3ccccc23)CCCC1=Cc1c[nH]c2ccccc12. The van der Waals surface area contributed by atoms with Crippen LogP contribution in [0.15, 0.2) is 72.1 Å². The number of carbonyl (C=O) groups is 1. The molecule has 0 radical (unpaired) electrons. The van der Waals surface area contributed by atoms with Gasteiger partial charge in [0.05, 0.1) is 0 Å². The lowest BCUT2D eigenvalue weighted by Crippen LogP contribution is -2.12. The van der Waals surface area contributed by atoms with Gasteiger partial charge < -0.3 is 9.97 Å². The van der Waals surface area contributed by atoms with Crippen LogP contribution in [0.2, 0.25) is 0 Å². The van der Waals surface area contributed by atoms with Crippen molar-refractivity contribution in [2.75, 3.05) is 0 Å². The molecule has 0 amide bonds. The molecule has 2 aromatic carbocycles. The highest BCUT2D eigenvalue weighted by atomic mass is 16.1. The van der Waals surface area contributed by atoms with Crippen molar-refractivity contribution in [1.29, 1.82) is 0 Å². The minimum Gasteiger partial charge on any atom is -0.361 e. The number of H-pyrrole nitrogens is 2. The average Bonchev–Trinajstić information content (AvgIpc) is 3.30. The second-order valence-corrected chi connectivity index (χ2v) is 7.10. The van der Waals surface area contributed by atoms with Crippen LogP contribution in [0.1, 0.15) is 30.4 Å². The fraction of sp³-hybridized carbons (Fsp3) is 0.125. The van der Waals surface area contributed by atoms with Gasteiger partial charge in [0.2, 0.25) is 0 Å². The topological polar surface area (TPSA) is 48.6 Å². The zero-order valence-corrected chi connectivity index (χ0v) is 15.0. The number of aromatic amines is 2. The van der Waals surface area contributed by atoms with E-state index in [1.807, 2.05) is 36.7 Å². The number of aromatic nitrogens is 2. The number of nitrogens with one attached hydrogen (secondary N) is 2. The zero-order chi connectivity index (χ0) is 18.2. The smallest absolute Gasteiger partial charge is 0.185 e. The molecule has 3 heteroatoms. The van der Waals surface area contributed by atoms with Crippen molar-refractivity contribution in [2.24, 2.45) is 0 Å². The van der Waals surface area contributed by atoms with Crippen LogP contribution in [0.5, 0.6) is 0 Å². The Balaban J connectivity index is 1.52. The zero-order valence-electron chi connectivity index (χ0n) is 15.0. The Hall–Kier alpha value is -3.33. The third kappa shape index (κ3) is 2.81. The lowest BCUT2D eigenvalue weighted by atomic mass is 9.87. The van der Waals surface area contributed by atoms with Crippen molar-refractivity contribution in [2.45, 2.75) is 19.3 Å². The Labute approximate surface area is 157 Å². The second kappa shape index (κ2) is 6.44. The molecular weight excluding hydrogens is 332 g/mol. The maximum Gasteiger partial charge on any atom is 0.185 e. The first-order chi connectivity index (χ1) is 13.3. The fourth-order valence-corrected chi connectivity index (χ4v) is 3.98. The van der Waals surface area contributed by atoms with Gasteiger partial charge in [-0.15, -0.1) is 0 Å². The molecule has 3 nitrogen and oxygen atoms in total. The van der Waals surface area contributed by atoms with E-state index in [4.69, 9.17) is 0 Å². The van der Waals surface area contributed by atoms with E-state index in [2.05, 4.69) is 46.4 Å². The molecule has 0 atom stereocenters. The van der Waals surface area contributed by atoms with Gasteiger partial charge >= 0.3 is 0 Å². The molecule has 5 rings (SSSR count). The summed E-state index contributed by atoms with van der Waals surface area (Å²) in [5.41, 5.74) is 6.17. The van der Waals surface area contributed by atoms with Crippen LogP contribution in [0, 0.1) is 0 Å². The van der Waals surface area contributed by atoms with Crippen molar-refractivity contribution in [3.05, 3.63) is 83.2 Å². The van der Waals surface area contributed by atoms with Crippen LogP contribution >= 0.6 is 0 Å². The van der Waals surface area contributed by atoms with E-state index in [-0.39, 0.29) is 5.78 Å². The van der Waals surface area contributed by atoms with Crippen molar-refractivity contribution in [3.8, 4) is 0 Å². The molecule has 2 aromatic heterocycles. The summed E-state index contributed by atoms with van der Waals surface area (Å²) in [7, 11) is 0. The number of ketones is 1. The Kier molecular flexibility index (Phi) is 3.79. The first-order valence-electron chi connectivity index (χ1n) is 9.38. The summed E-state index contributed by atoms with van der Waals surface area (Å²) in [5.74, 6) is 0.178. The van der Waals surface area contributed by atoms with E-state index in [9.17, 15) is 4.79 Å². The van der Waals surface area contributed by atoms with E-state index in [1.165, 1.54) is 0 Å². The third-order valence-corrected chi connectivity index (χ3v) is 5.38. The van der Waals surface area contributed by atoms with Gasteiger partial charge in [-0.2, -0.15) is 0 Å². The van der Waals surface area contributed by atoms with Gasteiger partial charge in [0.1, 0.15) is 0 Å². The van der Waals surface area contributed by atoms with E-state index in [1.54, 1.807) is 0 Å². The molecular formula is C24H20N2O. The standard InChI is InChI=1S/C24H20N2O/c27-24-16(12-18-14-25-22-10-3-1-8-20(18)22)6-5-7-17(24)13-19-15-26-23-11-4-2-9-21(19)23/h1-4,8-15,25-26H,5-7H2. The van der Waals surface area contributed by atoms with Crippen LogP contribution in [-0.2, 0) is 4.79 Å². The molecule has 2 heterocycles. The number of para-hydroxylation sites is 2. The predicted molar refractivity (Wildman–Crippen MR) is 111 cm³/mol. The predicted octanol–water partition coefficient (Wildman–Crippen LogP) is 5.87. The highest BCUT2D eigenvalue weighted by molar-refractivity contribution is 6.15. The van der Waals surface area contributed by atoms with Crippen molar-refractivity contribution in [1.82, 2.24) is 9.97 Å². The molecule has 0 saturated heterocycles. The lowest BCUT2D eigenvalue weighted by molar-refractivity contribution is -0.112. The Morgan fingerprint density at radius 2 is 1.19 bits per heavy atom. The number of rotatable bonds is 2. The largest absolute Gasteiger partial charge is 0.361 e. The van der Waals surface area contributed by atoms with E-state index in [0.717, 1.165) is 63.3 Å². The molecule has 0 unspecified atom stereocenters. The van der Waals surface area contributed by atoms with Crippen molar-refractivity contribution < 1.29 is 4.79 Å². The molecule has 132 valence electrons. The number of hydrogen-bond donors (Lipinski definition) is 2. The van der Waals surface area contributed by atoms with Gasteiger partial charge in [-0.05, 0) is 43.5 Å². The summed E-state index contributed by atoms with van der Waals surface area (Å²) >= 11 is 0. The molecule has 27 heavy (non-hydrogen) atoms. The van der Waals surface area contributed by atoms with Crippen LogP contribution in [-0.4, -0.2) is 15.8 Å². The number of Topliss-reactive ketones (excluding diaryl/α,β-unsaturated/α-hetero) is 1. The molecule has 0 aliphatic heterocycles. The van der Waals surface area contributed by atoms with Gasteiger partial charge in [0.15, 0.2) is 5.78 Å². The molecule has 1 aliphatic carbocycles. The number of benzene rings is 2. The average molecular weight is 352 g/mol. The minimum atomic E-state index is 0.178. The van der Waals surface area contributed by atoms with Crippen molar-refractivity contribution >= 4 is 39.7 Å². The summed E-state index contributed by atoms with van der Waals surface area (Å²) in [5, 5.41) is 2.32. The third-order valence-electron chi connectivity index (χ3n) is 5.38. The molecule has 2 N–H and O–H groups in total. The molecule has 0 spiro atoms. The van der Waals surface area contributed by atoms with Crippen LogP contribution < -0.4 is 0 Å². The lowest BCUT2D eigenvalue weighted by Gasteiger charge is -2.16. The summed E-state index contributed by atoms with van der Waals surface area (Å²) < 4.78 is 0. The van der Waals surface area contributed by atoms with Gasteiger partial charge in [-0.3, -0.25) is 4.79 Å². The molecule has 1 saturated carbocycles. The number of allylic oxidation sites excluding steroid dienone is 2. The van der Waals surface area contributed by atoms with E-state index >= 15 is 0 Å². The molecule has 4 aromatic rings. The summed E-state index contributed by atoms with van der Waals surface area (Å²) in [4.78, 5) is 19.7. The van der Waals surface area contributed by atoms with Crippen LogP contribution in [0.25, 0.3) is 34.0 Å². The van der Waals surface area contributed by atoms with Gasteiger partial charge in [-0.1, -0.05) is 36.4 Å². The highest BCUT2D eigenvalue weighted by Gasteiger charge is 2.21. The molecule has 1 aliphatic rings. The monoisotopic (exact) mass is 352 g/mol. The second-order valence-electron chi connectivity index (χ2n) is 7.10. The summed E-state index contributed by atoms with van der Waals surface area (Å²) in [6.07, 6.45) is 10.8. The fourth-order valence-electron chi connectivity index (χ4n) is 3.98. The Bertz CT molecular complexity index is 1130. The van der Waals surface area contributed by atoms with Gasteiger partial charge in [0, 0.05) is 56.5 Å². The first-order valence-corrected chi connectivity index (χ1v) is 9.38. The minimum absolute atomic E-state index is 0.178. The normalized spacial score (nSPS) is 18.1. The summed E-state index contributed by atoms with van der Waals surface area (Å²) in [6.45, 7) is 0. The summed E-state index contributed by atoms with van der Waals surface area (Å²) in [6, 6.07) is 16.4. The van der Waals surface area contributed by atoms with Gasteiger partial charge in [-0.25, -0.2) is 0 Å². The van der Waals surface area contributed by atoms with Crippen LogP contribution in [0.4, 0.5) is 0 Å². The Morgan fingerprint density at radius 1 is 0.704 bits per heavy atom. The quantitative estimate of drug-likeness (QED) is 0.436. The van der Waals surface area contributed by atoms with E-state index in [0.29, 0.717) is 0 Å². The van der Waals surface area contributed by atoms with E-state index < -0.39 is 0 Å². The maximum atomic E-state index is 13.1. The van der Waals surface area contributed by atoms with Crippen molar-refractivity contribution in [3.63, 3.8) is 0 Å². The first kappa shape index (κ1) is 15.9. The number of fused-ring (bicyclic) bond motifs is 2. The molecule has 0 bridgehead atoms. The molecule has 1 fully saturated rings.